The van der Waals surface area contributed by atoms with Gasteiger partial charge in [0.25, 0.3) is 0 Å². The van der Waals surface area contributed by atoms with Crippen molar-refractivity contribution in [2.24, 2.45) is 0 Å². The highest BCUT2D eigenvalue weighted by Crippen LogP contribution is 2.24. The number of hydrogen-bond donors (Lipinski definition) is 1. The van der Waals surface area contributed by atoms with E-state index in [0.29, 0.717) is 0 Å². The second-order valence-electron chi connectivity index (χ2n) is 4.32. The summed E-state index contributed by atoms with van der Waals surface area (Å²) in [6, 6.07) is 5.72. The molecule has 0 aliphatic heterocycles. The number of aryl methyl sites for hydroxylation is 3. The van der Waals surface area contributed by atoms with E-state index in [0.717, 1.165) is 28.1 Å². The summed E-state index contributed by atoms with van der Waals surface area (Å²) in [5.74, 6) is 0. The summed E-state index contributed by atoms with van der Waals surface area (Å²) >= 11 is 0. The molecule has 2 heterocycles. The summed E-state index contributed by atoms with van der Waals surface area (Å²) < 4.78 is 0. The third-order valence-electron chi connectivity index (χ3n) is 2.79. The Kier molecular flexibility index (Phi) is 3.20. The second kappa shape index (κ2) is 4.63. The molecule has 3 heteroatoms. The van der Waals surface area contributed by atoms with Gasteiger partial charge in [-0.2, -0.15) is 0 Å². The van der Waals surface area contributed by atoms with Crippen LogP contribution in [0.1, 0.15) is 34.2 Å². The van der Waals surface area contributed by atoms with E-state index >= 15 is 0 Å². The molecule has 2 aromatic heterocycles. The maximum absolute atomic E-state index is 10.4. The number of nitrogens with zero attached hydrogens (tertiary/aromatic N) is 2. The summed E-state index contributed by atoms with van der Waals surface area (Å²) in [7, 11) is 0. The quantitative estimate of drug-likeness (QED) is 0.859. The summed E-state index contributed by atoms with van der Waals surface area (Å²) in [6.45, 7) is 5.83. The van der Waals surface area contributed by atoms with E-state index in [1.165, 1.54) is 0 Å². The van der Waals surface area contributed by atoms with Crippen LogP contribution in [0, 0.1) is 20.8 Å². The maximum atomic E-state index is 10.4. The fraction of sp³-hybridized carbons (Fsp3) is 0.286. The summed E-state index contributed by atoms with van der Waals surface area (Å²) in [6.07, 6.45) is 2.81. The molecule has 3 nitrogen and oxygen atoms in total. The van der Waals surface area contributed by atoms with E-state index in [9.17, 15) is 5.11 Å². The van der Waals surface area contributed by atoms with Crippen molar-refractivity contribution in [1.29, 1.82) is 0 Å². The Balaban J connectivity index is 2.43. The molecule has 0 aliphatic carbocycles. The fourth-order valence-corrected chi connectivity index (χ4v) is 1.97. The smallest absolute Gasteiger partial charge is 0.106 e. The average Bonchev–Trinajstić information content (AvgIpc) is 2.27. The van der Waals surface area contributed by atoms with Gasteiger partial charge in [0.2, 0.25) is 0 Å². The number of hydrogen-bond acceptors (Lipinski definition) is 3. The first-order chi connectivity index (χ1) is 8.08. The van der Waals surface area contributed by atoms with Gasteiger partial charge in [-0.25, -0.2) is 0 Å². The minimum absolute atomic E-state index is 0.635. The van der Waals surface area contributed by atoms with Crippen LogP contribution >= 0.6 is 0 Å². The molecule has 1 unspecified atom stereocenters. The van der Waals surface area contributed by atoms with Crippen LogP contribution in [0.25, 0.3) is 0 Å². The Labute approximate surface area is 101 Å². The first kappa shape index (κ1) is 11.7. The van der Waals surface area contributed by atoms with Crippen LogP contribution in [0.4, 0.5) is 0 Å². The van der Waals surface area contributed by atoms with Gasteiger partial charge in [0.15, 0.2) is 0 Å². The molecular weight excluding hydrogens is 212 g/mol. The van der Waals surface area contributed by atoms with Crippen molar-refractivity contribution in [3.8, 4) is 0 Å². The van der Waals surface area contributed by atoms with Crippen molar-refractivity contribution < 1.29 is 5.11 Å². The zero-order valence-electron chi connectivity index (χ0n) is 10.3. The first-order valence-corrected chi connectivity index (χ1v) is 5.61. The average molecular weight is 228 g/mol. The van der Waals surface area contributed by atoms with E-state index in [1.807, 2.05) is 39.0 Å². The predicted octanol–water partition coefficient (Wildman–Crippen LogP) is 2.48. The zero-order valence-corrected chi connectivity index (χ0v) is 10.3. The molecule has 2 rings (SSSR count). The maximum Gasteiger partial charge on any atom is 0.106 e. The fourth-order valence-electron chi connectivity index (χ4n) is 1.97. The van der Waals surface area contributed by atoms with E-state index in [1.54, 1.807) is 12.4 Å². The number of rotatable bonds is 2. The van der Waals surface area contributed by atoms with Crippen LogP contribution in [-0.4, -0.2) is 15.1 Å². The Morgan fingerprint density at radius 3 is 2.35 bits per heavy atom. The molecule has 0 aromatic carbocycles. The SMILES string of the molecule is Cc1cc(C(O)c2cnccc2C)cc(C)n1. The van der Waals surface area contributed by atoms with Gasteiger partial charge >= 0.3 is 0 Å². The highest BCUT2D eigenvalue weighted by atomic mass is 16.3. The molecule has 2 aromatic rings. The van der Waals surface area contributed by atoms with Gasteiger partial charge < -0.3 is 5.11 Å². The number of aromatic nitrogens is 2. The van der Waals surface area contributed by atoms with E-state index in [-0.39, 0.29) is 0 Å². The highest BCUT2D eigenvalue weighted by Gasteiger charge is 2.13. The normalized spacial score (nSPS) is 12.5. The van der Waals surface area contributed by atoms with Crippen LogP contribution in [-0.2, 0) is 0 Å². The van der Waals surface area contributed by atoms with Gasteiger partial charge in [0.1, 0.15) is 6.10 Å². The van der Waals surface area contributed by atoms with E-state index in [2.05, 4.69) is 9.97 Å². The predicted molar refractivity (Wildman–Crippen MR) is 66.7 cm³/mol. The minimum atomic E-state index is -0.635. The van der Waals surface area contributed by atoms with Gasteiger partial charge in [-0.3, -0.25) is 9.97 Å². The molecule has 1 N–H and O–H groups in total. The lowest BCUT2D eigenvalue weighted by molar-refractivity contribution is 0.219. The van der Waals surface area contributed by atoms with Crippen LogP contribution < -0.4 is 0 Å². The molecule has 0 fully saturated rings. The van der Waals surface area contributed by atoms with Gasteiger partial charge in [-0.05, 0) is 50.1 Å². The van der Waals surface area contributed by atoms with Crippen molar-refractivity contribution in [2.45, 2.75) is 26.9 Å². The van der Waals surface area contributed by atoms with Gasteiger partial charge in [-0.1, -0.05) is 0 Å². The monoisotopic (exact) mass is 228 g/mol. The number of aliphatic hydroxyl groups is 1. The zero-order chi connectivity index (χ0) is 12.4. The number of aliphatic hydroxyl groups excluding tert-OH is 1. The Hall–Kier alpha value is -1.74. The Bertz CT molecular complexity index is 517. The molecule has 0 spiro atoms. The molecular formula is C14H16N2O. The largest absolute Gasteiger partial charge is 0.384 e. The molecule has 0 amide bonds. The molecule has 0 radical (unpaired) electrons. The molecule has 1 atom stereocenters. The molecule has 0 bridgehead atoms. The third kappa shape index (κ3) is 2.50. The topological polar surface area (TPSA) is 46.0 Å². The van der Waals surface area contributed by atoms with Gasteiger partial charge in [-0.15, -0.1) is 0 Å². The van der Waals surface area contributed by atoms with Crippen LogP contribution in [0.5, 0.6) is 0 Å². The first-order valence-electron chi connectivity index (χ1n) is 5.61. The van der Waals surface area contributed by atoms with Crippen LogP contribution in [0.15, 0.2) is 30.6 Å². The number of pyridine rings is 2. The minimum Gasteiger partial charge on any atom is -0.384 e. The van der Waals surface area contributed by atoms with Crippen LogP contribution in [0.3, 0.4) is 0 Å². The molecule has 17 heavy (non-hydrogen) atoms. The third-order valence-corrected chi connectivity index (χ3v) is 2.79. The molecule has 88 valence electrons. The van der Waals surface area contributed by atoms with E-state index < -0.39 is 6.10 Å². The van der Waals surface area contributed by atoms with Gasteiger partial charge in [0, 0.05) is 29.3 Å². The molecule has 0 saturated heterocycles. The van der Waals surface area contributed by atoms with Gasteiger partial charge in [0.05, 0.1) is 0 Å². The van der Waals surface area contributed by atoms with Crippen molar-refractivity contribution >= 4 is 0 Å². The summed E-state index contributed by atoms with van der Waals surface area (Å²) in [5.41, 5.74) is 4.59. The Morgan fingerprint density at radius 1 is 1.12 bits per heavy atom. The molecule has 0 saturated carbocycles. The van der Waals surface area contributed by atoms with Crippen molar-refractivity contribution in [1.82, 2.24) is 9.97 Å². The highest BCUT2D eigenvalue weighted by molar-refractivity contribution is 5.34. The second-order valence-corrected chi connectivity index (χ2v) is 4.32. The van der Waals surface area contributed by atoms with Crippen molar-refractivity contribution in [3.05, 3.63) is 58.7 Å². The summed E-state index contributed by atoms with van der Waals surface area (Å²) in [4.78, 5) is 8.37. The summed E-state index contributed by atoms with van der Waals surface area (Å²) in [5, 5.41) is 10.4. The lowest BCUT2D eigenvalue weighted by Gasteiger charge is -2.14. The lowest BCUT2D eigenvalue weighted by Crippen LogP contribution is -2.04. The van der Waals surface area contributed by atoms with Crippen molar-refractivity contribution in [2.75, 3.05) is 0 Å². The standard InChI is InChI=1S/C14H16N2O/c1-9-4-5-15-8-13(9)14(17)12-6-10(2)16-11(3)7-12/h4-8,14,17H,1-3H3. The lowest BCUT2D eigenvalue weighted by atomic mass is 9.99. The van der Waals surface area contributed by atoms with E-state index in [4.69, 9.17) is 0 Å². The van der Waals surface area contributed by atoms with Crippen molar-refractivity contribution in [3.63, 3.8) is 0 Å². The Morgan fingerprint density at radius 2 is 1.76 bits per heavy atom. The van der Waals surface area contributed by atoms with Crippen LogP contribution in [0.2, 0.25) is 0 Å². The molecule has 0 aliphatic rings.